The number of amides is 1. The number of benzene rings is 2. The first-order chi connectivity index (χ1) is 14.6. The molecular formula is C21H16Cl2F3N3O2. The third-order valence-corrected chi connectivity index (χ3v) is 5.39. The molecule has 2 aromatic carbocycles. The fraction of sp³-hybridized carbons (Fsp3) is 0.238. The topological polar surface area (TPSA) is 47.4 Å². The van der Waals surface area contributed by atoms with Gasteiger partial charge in [-0.25, -0.2) is 0 Å². The number of rotatable bonds is 3. The van der Waals surface area contributed by atoms with E-state index in [-0.39, 0.29) is 17.1 Å². The minimum atomic E-state index is -4.88. The molecule has 31 heavy (non-hydrogen) atoms. The van der Waals surface area contributed by atoms with Gasteiger partial charge in [-0.15, -0.1) is 13.2 Å². The molecule has 1 amide bonds. The predicted octanol–water partition coefficient (Wildman–Crippen LogP) is 5.49. The second kappa shape index (κ2) is 8.09. The zero-order valence-electron chi connectivity index (χ0n) is 16.2. The lowest BCUT2D eigenvalue weighted by Gasteiger charge is -2.27. The number of alkyl halides is 3. The maximum Gasteiger partial charge on any atom is 0.573 e. The Bertz CT molecular complexity index is 1160. The van der Waals surface area contributed by atoms with Crippen molar-refractivity contribution >= 4 is 29.1 Å². The number of carbonyl (C=O) groups excluding carboxylic acids is 1. The fourth-order valence-electron chi connectivity index (χ4n) is 3.75. The summed E-state index contributed by atoms with van der Waals surface area (Å²) >= 11 is 12.0. The number of nitrogens with zero attached hydrogens (tertiary/aromatic N) is 3. The van der Waals surface area contributed by atoms with Crippen molar-refractivity contribution in [3.8, 4) is 17.0 Å². The molecule has 5 nitrogen and oxygen atoms in total. The summed E-state index contributed by atoms with van der Waals surface area (Å²) in [5.74, 6) is -0.989. The molecule has 1 aromatic heterocycles. The molecule has 2 heterocycles. The van der Waals surface area contributed by atoms with Crippen LogP contribution in [0.3, 0.4) is 0 Å². The molecular weight excluding hydrogens is 454 g/mol. The van der Waals surface area contributed by atoms with Crippen molar-refractivity contribution < 1.29 is 22.7 Å². The predicted molar refractivity (Wildman–Crippen MR) is 110 cm³/mol. The summed E-state index contributed by atoms with van der Waals surface area (Å²) in [6.45, 7) is 0.609. The van der Waals surface area contributed by atoms with Gasteiger partial charge in [0.15, 0.2) is 0 Å². The first-order valence-electron chi connectivity index (χ1n) is 9.27. The number of carbonyl (C=O) groups is 1. The molecule has 10 heteroatoms. The largest absolute Gasteiger partial charge is 0.573 e. The average molecular weight is 470 g/mol. The zero-order valence-corrected chi connectivity index (χ0v) is 17.7. The molecule has 1 aliphatic heterocycles. The van der Waals surface area contributed by atoms with Gasteiger partial charge in [-0.3, -0.25) is 9.48 Å². The van der Waals surface area contributed by atoms with Crippen LogP contribution in [0.1, 0.15) is 21.6 Å². The van der Waals surface area contributed by atoms with Crippen LogP contribution in [0.4, 0.5) is 13.2 Å². The van der Waals surface area contributed by atoms with Gasteiger partial charge in [0.2, 0.25) is 0 Å². The Hall–Kier alpha value is -2.71. The Morgan fingerprint density at radius 1 is 1.13 bits per heavy atom. The highest BCUT2D eigenvalue weighted by molar-refractivity contribution is 6.31. The number of aryl methyl sites for hydroxylation is 1. The molecule has 4 rings (SSSR count). The van der Waals surface area contributed by atoms with Gasteiger partial charge in [-0.1, -0.05) is 35.3 Å². The smallest absolute Gasteiger partial charge is 0.406 e. The van der Waals surface area contributed by atoms with E-state index in [9.17, 15) is 18.0 Å². The highest BCUT2D eigenvalue weighted by atomic mass is 35.5. The molecule has 0 saturated heterocycles. The van der Waals surface area contributed by atoms with Gasteiger partial charge in [0.25, 0.3) is 5.91 Å². The zero-order chi connectivity index (χ0) is 22.3. The van der Waals surface area contributed by atoms with Crippen molar-refractivity contribution in [2.75, 3.05) is 6.54 Å². The van der Waals surface area contributed by atoms with Gasteiger partial charge < -0.3 is 9.64 Å². The van der Waals surface area contributed by atoms with Crippen molar-refractivity contribution in [1.29, 1.82) is 0 Å². The number of fused-ring (bicyclic) bond motifs is 1. The lowest BCUT2D eigenvalue weighted by Crippen LogP contribution is -2.36. The maximum atomic E-state index is 13.0. The molecule has 0 unspecified atom stereocenters. The summed E-state index contributed by atoms with van der Waals surface area (Å²) in [6, 6.07) is 10.8. The third-order valence-electron chi connectivity index (χ3n) is 4.94. The van der Waals surface area contributed by atoms with Crippen molar-refractivity contribution in [3.05, 3.63) is 69.3 Å². The molecule has 0 N–H and O–H groups in total. The van der Waals surface area contributed by atoms with E-state index in [1.807, 2.05) is 25.2 Å². The summed E-state index contributed by atoms with van der Waals surface area (Å²) in [5.41, 5.74) is 3.61. The van der Waals surface area contributed by atoms with E-state index in [4.69, 9.17) is 23.2 Å². The van der Waals surface area contributed by atoms with Crippen molar-refractivity contribution in [2.45, 2.75) is 19.3 Å². The minimum Gasteiger partial charge on any atom is -0.406 e. The van der Waals surface area contributed by atoms with Crippen LogP contribution < -0.4 is 4.74 Å². The summed E-state index contributed by atoms with van der Waals surface area (Å²) in [5, 5.41) is 5.13. The normalized spacial score (nSPS) is 13.8. The Balaban J connectivity index is 1.60. The van der Waals surface area contributed by atoms with Crippen LogP contribution in [0.2, 0.25) is 10.0 Å². The molecule has 0 bridgehead atoms. The SMILES string of the molecule is Cn1nc2c(c1-c1cccc(Cl)c1)CCN(C(=O)c1cc(Cl)cc(OC(F)(F)F)c1)C2. The molecule has 0 atom stereocenters. The lowest BCUT2D eigenvalue weighted by atomic mass is 9.99. The quantitative estimate of drug-likeness (QED) is 0.509. The number of halogens is 5. The summed E-state index contributed by atoms with van der Waals surface area (Å²) in [4.78, 5) is 14.5. The average Bonchev–Trinajstić information content (AvgIpc) is 3.00. The highest BCUT2D eigenvalue weighted by Gasteiger charge is 2.32. The number of hydrogen-bond donors (Lipinski definition) is 0. The lowest BCUT2D eigenvalue weighted by molar-refractivity contribution is -0.274. The summed E-state index contributed by atoms with van der Waals surface area (Å²) in [6.07, 6.45) is -4.33. The summed E-state index contributed by atoms with van der Waals surface area (Å²) in [7, 11) is 1.82. The van der Waals surface area contributed by atoms with Crippen LogP contribution in [-0.4, -0.2) is 33.5 Å². The van der Waals surface area contributed by atoms with E-state index in [0.29, 0.717) is 18.0 Å². The van der Waals surface area contributed by atoms with Gasteiger partial charge >= 0.3 is 6.36 Å². The van der Waals surface area contributed by atoms with E-state index in [1.54, 1.807) is 10.7 Å². The van der Waals surface area contributed by atoms with Crippen molar-refractivity contribution in [2.24, 2.45) is 7.05 Å². The number of aromatic nitrogens is 2. The Labute approximate surface area is 185 Å². The second-order valence-corrected chi connectivity index (χ2v) is 7.98. The van der Waals surface area contributed by atoms with E-state index >= 15 is 0 Å². The Morgan fingerprint density at radius 3 is 2.61 bits per heavy atom. The van der Waals surface area contributed by atoms with Crippen molar-refractivity contribution in [1.82, 2.24) is 14.7 Å². The number of hydrogen-bond acceptors (Lipinski definition) is 3. The van der Waals surface area contributed by atoms with E-state index < -0.39 is 18.0 Å². The maximum absolute atomic E-state index is 13.0. The third kappa shape index (κ3) is 4.65. The van der Waals surface area contributed by atoms with E-state index in [0.717, 1.165) is 34.6 Å². The monoisotopic (exact) mass is 469 g/mol. The van der Waals surface area contributed by atoms with Gasteiger partial charge in [-0.05, 0) is 36.8 Å². The van der Waals surface area contributed by atoms with E-state index in [2.05, 4.69) is 9.84 Å². The highest BCUT2D eigenvalue weighted by Crippen LogP contribution is 2.32. The van der Waals surface area contributed by atoms with Crippen LogP contribution >= 0.6 is 23.2 Å². The standard InChI is InChI=1S/C21H16Cl2F3N3O2/c1-28-19(12-3-2-4-14(22)7-12)17-5-6-29(11-18(17)27-28)20(30)13-8-15(23)10-16(9-13)31-21(24,25)26/h2-4,7-10H,5-6,11H2,1H3. The number of ether oxygens (including phenoxy) is 1. The molecule has 0 fully saturated rings. The Morgan fingerprint density at radius 2 is 1.90 bits per heavy atom. The van der Waals surface area contributed by atoms with Crippen LogP contribution in [0.15, 0.2) is 42.5 Å². The van der Waals surface area contributed by atoms with Crippen LogP contribution in [0, 0.1) is 0 Å². The van der Waals surface area contributed by atoms with Crippen LogP contribution in [0.5, 0.6) is 5.75 Å². The van der Waals surface area contributed by atoms with Crippen LogP contribution in [0.25, 0.3) is 11.3 Å². The molecule has 1 aliphatic rings. The molecule has 0 spiro atoms. The fourth-order valence-corrected chi connectivity index (χ4v) is 4.17. The van der Waals surface area contributed by atoms with Gasteiger partial charge in [0, 0.05) is 40.3 Å². The van der Waals surface area contributed by atoms with Crippen LogP contribution in [-0.2, 0) is 20.0 Å². The van der Waals surface area contributed by atoms with Gasteiger partial charge in [-0.2, -0.15) is 5.10 Å². The molecule has 0 aliphatic carbocycles. The molecule has 0 saturated carbocycles. The first-order valence-corrected chi connectivity index (χ1v) is 10.0. The van der Waals surface area contributed by atoms with Gasteiger partial charge in [0.05, 0.1) is 17.9 Å². The minimum absolute atomic E-state index is 0.0150. The van der Waals surface area contributed by atoms with Gasteiger partial charge in [0.1, 0.15) is 5.75 Å². The second-order valence-electron chi connectivity index (χ2n) is 7.11. The Kier molecular flexibility index (Phi) is 5.61. The summed E-state index contributed by atoms with van der Waals surface area (Å²) < 4.78 is 43.3. The van der Waals surface area contributed by atoms with E-state index in [1.165, 1.54) is 11.0 Å². The first kappa shape index (κ1) is 21.5. The molecule has 3 aromatic rings. The molecule has 0 radical (unpaired) electrons. The molecule has 162 valence electrons. The van der Waals surface area contributed by atoms with Crippen molar-refractivity contribution in [3.63, 3.8) is 0 Å².